The lowest BCUT2D eigenvalue weighted by Crippen LogP contribution is -2.33. The molecule has 7 heteroatoms. The van der Waals surface area contributed by atoms with Crippen LogP contribution in [0, 0.1) is 0 Å². The Morgan fingerprint density at radius 2 is 2.17 bits per heavy atom. The summed E-state index contributed by atoms with van der Waals surface area (Å²) in [7, 11) is 0. The molecule has 2 aromatic rings. The SMILES string of the molecule is CCc1cc(=O)n2nc(NC3CCN(C4CCCC4)C3)sc2n1. The number of hydrogen-bond donors (Lipinski definition) is 1. The first kappa shape index (κ1) is 15.1. The third-order valence-corrected chi connectivity index (χ3v) is 5.89. The van der Waals surface area contributed by atoms with Gasteiger partial charge in [-0.15, -0.1) is 5.10 Å². The second kappa shape index (κ2) is 6.20. The minimum Gasteiger partial charge on any atom is -0.356 e. The molecule has 3 heterocycles. The van der Waals surface area contributed by atoms with E-state index in [1.165, 1.54) is 48.1 Å². The van der Waals surface area contributed by atoms with Crippen LogP contribution in [0.25, 0.3) is 4.96 Å². The molecule has 0 radical (unpaired) electrons. The molecule has 0 aromatic carbocycles. The summed E-state index contributed by atoms with van der Waals surface area (Å²) in [5.74, 6) is 0. The van der Waals surface area contributed by atoms with Crippen molar-refractivity contribution in [1.82, 2.24) is 19.5 Å². The zero-order valence-corrected chi connectivity index (χ0v) is 14.3. The predicted molar refractivity (Wildman–Crippen MR) is 92.4 cm³/mol. The number of aromatic nitrogens is 3. The van der Waals surface area contributed by atoms with E-state index in [4.69, 9.17) is 0 Å². The monoisotopic (exact) mass is 333 g/mol. The molecule has 1 atom stereocenters. The van der Waals surface area contributed by atoms with Gasteiger partial charge in [-0.1, -0.05) is 31.1 Å². The van der Waals surface area contributed by atoms with Crippen molar-refractivity contribution in [2.24, 2.45) is 0 Å². The van der Waals surface area contributed by atoms with Gasteiger partial charge in [0.2, 0.25) is 10.1 Å². The maximum absolute atomic E-state index is 12.1. The Labute approximate surface area is 139 Å². The summed E-state index contributed by atoms with van der Waals surface area (Å²) in [5.41, 5.74) is 0.744. The highest BCUT2D eigenvalue weighted by atomic mass is 32.1. The molecule has 0 spiro atoms. The molecule has 1 saturated carbocycles. The first-order valence-corrected chi connectivity index (χ1v) is 9.45. The molecule has 0 amide bonds. The molecule has 4 rings (SSSR count). The van der Waals surface area contributed by atoms with Crippen molar-refractivity contribution in [3.63, 3.8) is 0 Å². The summed E-state index contributed by atoms with van der Waals surface area (Å²) in [5, 5.41) is 8.73. The van der Waals surface area contributed by atoms with Crippen molar-refractivity contribution in [3.8, 4) is 0 Å². The van der Waals surface area contributed by atoms with Crippen LogP contribution in [0.2, 0.25) is 0 Å². The highest BCUT2D eigenvalue weighted by Gasteiger charge is 2.30. The largest absolute Gasteiger partial charge is 0.356 e. The van der Waals surface area contributed by atoms with Crippen molar-refractivity contribution < 1.29 is 0 Å². The third-order valence-electron chi connectivity index (χ3n) is 5.05. The molecule has 6 nitrogen and oxygen atoms in total. The van der Waals surface area contributed by atoms with E-state index in [2.05, 4.69) is 20.3 Å². The molecule has 124 valence electrons. The summed E-state index contributed by atoms with van der Waals surface area (Å²) < 4.78 is 1.41. The van der Waals surface area contributed by atoms with Gasteiger partial charge in [-0.2, -0.15) is 4.52 Å². The Bertz CT molecular complexity index is 748. The average molecular weight is 333 g/mol. The van der Waals surface area contributed by atoms with Gasteiger partial charge in [0, 0.05) is 36.9 Å². The van der Waals surface area contributed by atoms with Gasteiger partial charge in [-0.05, 0) is 25.7 Å². The molecule has 1 aliphatic carbocycles. The maximum Gasteiger partial charge on any atom is 0.275 e. The highest BCUT2D eigenvalue weighted by Crippen LogP contribution is 2.28. The van der Waals surface area contributed by atoms with E-state index in [9.17, 15) is 4.79 Å². The molecular weight excluding hydrogens is 310 g/mol. The molecular formula is C16H23N5OS. The van der Waals surface area contributed by atoms with Gasteiger partial charge in [-0.3, -0.25) is 9.69 Å². The van der Waals surface area contributed by atoms with Crippen LogP contribution in [0.5, 0.6) is 0 Å². The number of nitrogens with one attached hydrogen (secondary N) is 1. The molecule has 1 aliphatic heterocycles. The lowest BCUT2D eigenvalue weighted by molar-refractivity contribution is 0.245. The van der Waals surface area contributed by atoms with E-state index in [0.717, 1.165) is 36.3 Å². The van der Waals surface area contributed by atoms with Crippen molar-refractivity contribution in [2.45, 2.75) is 57.5 Å². The molecule has 23 heavy (non-hydrogen) atoms. The fraction of sp³-hybridized carbons (Fsp3) is 0.688. The number of nitrogens with zero attached hydrogens (tertiary/aromatic N) is 4. The van der Waals surface area contributed by atoms with E-state index in [1.54, 1.807) is 6.07 Å². The summed E-state index contributed by atoms with van der Waals surface area (Å²) in [6.45, 7) is 4.27. The smallest absolute Gasteiger partial charge is 0.275 e. The fourth-order valence-electron chi connectivity index (χ4n) is 3.78. The molecule has 1 unspecified atom stereocenters. The first-order chi connectivity index (χ1) is 11.2. The Balaban J connectivity index is 1.48. The van der Waals surface area contributed by atoms with Crippen LogP contribution in [0.1, 0.15) is 44.7 Å². The Morgan fingerprint density at radius 1 is 1.35 bits per heavy atom. The summed E-state index contributed by atoms with van der Waals surface area (Å²) in [6.07, 6.45) is 7.39. The first-order valence-electron chi connectivity index (χ1n) is 8.63. The quantitative estimate of drug-likeness (QED) is 0.929. The number of fused-ring (bicyclic) bond motifs is 1. The van der Waals surface area contributed by atoms with Gasteiger partial charge < -0.3 is 5.32 Å². The number of anilines is 1. The maximum atomic E-state index is 12.1. The van der Waals surface area contributed by atoms with Gasteiger partial charge in [0.05, 0.1) is 0 Å². The van der Waals surface area contributed by atoms with E-state index in [0.29, 0.717) is 11.0 Å². The van der Waals surface area contributed by atoms with Gasteiger partial charge in [0.1, 0.15) is 0 Å². The molecule has 2 aliphatic rings. The van der Waals surface area contributed by atoms with Crippen molar-refractivity contribution in [3.05, 3.63) is 22.1 Å². The Kier molecular flexibility index (Phi) is 4.07. The average Bonchev–Trinajstić information content (AvgIpc) is 3.26. The van der Waals surface area contributed by atoms with Crippen LogP contribution >= 0.6 is 11.3 Å². The van der Waals surface area contributed by atoms with Crippen molar-refractivity contribution >= 4 is 21.4 Å². The summed E-state index contributed by atoms with van der Waals surface area (Å²) >= 11 is 1.47. The standard InChI is InChI=1S/C16H23N5OS/c1-2-11-9-14(22)21-16(18-11)23-15(19-21)17-12-7-8-20(10-12)13-5-3-4-6-13/h9,12-13H,2-8,10H2,1H3,(H,17,19). The Morgan fingerprint density at radius 3 is 2.96 bits per heavy atom. The van der Waals surface area contributed by atoms with Crippen LogP contribution in [0.4, 0.5) is 5.13 Å². The topological polar surface area (TPSA) is 62.5 Å². The van der Waals surface area contributed by atoms with Gasteiger partial charge >= 0.3 is 0 Å². The lowest BCUT2D eigenvalue weighted by atomic mass is 10.2. The number of likely N-dealkylation sites (tertiary alicyclic amines) is 1. The Hall–Kier alpha value is -1.47. The molecule has 1 N–H and O–H groups in total. The van der Waals surface area contributed by atoms with Crippen LogP contribution in [0.3, 0.4) is 0 Å². The normalized spacial score (nSPS) is 23.1. The van der Waals surface area contributed by atoms with Gasteiger partial charge in [0.25, 0.3) is 5.56 Å². The number of aryl methyl sites for hydroxylation is 1. The van der Waals surface area contributed by atoms with Crippen LogP contribution in [-0.4, -0.2) is 44.7 Å². The van der Waals surface area contributed by atoms with Crippen LogP contribution in [-0.2, 0) is 6.42 Å². The zero-order chi connectivity index (χ0) is 15.8. The second-order valence-corrected chi connectivity index (χ2v) is 7.56. The van der Waals surface area contributed by atoms with E-state index >= 15 is 0 Å². The van der Waals surface area contributed by atoms with E-state index in [1.807, 2.05) is 6.92 Å². The molecule has 0 bridgehead atoms. The van der Waals surface area contributed by atoms with Gasteiger partial charge in [0.15, 0.2) is 0 Å². The minimum atomic E-state index is -0.0878. The highest BCUT2D eigenvalue weighted by molar-refractivity contribution is 7.20. The summed E-state index contributed by atoms with van der Waals surface area (Å²) in [4.78, 5) is 19.9. The van der Waals surface area contributed by atoms with E-state index < -0.39 is 0 Å². The lowest BCUT2D eigenvalue weighted by Gasteiger charge is -2.23. The summed E-state index contributed by atoms with van der Waals surface area (Å²) in [6, 6.07) is 2.79. The molecule has 2 aromatic heterocycles. The fourth-order valence-corrected chi connectivity index (χ4v) is 4.68. The zero-order valence-electron chi connectivity index (χ0n) is 13.5. The molecule has 1 saturated heterocycles. The van der Waals surface area contributed by atoms with Crippen LogP contribution < -0.4 is 10.9 Å². The second-order valence-electron chi connectivity index (χ2n) is 6.60. The number of rotatable bonds is 4. The van der Waals surface area contributed by atoms with Gasteiger partial charge in [-0.25, -0.2) is 4.98 Å². The predicted octanol–water partition coefficient (Wildman–Crippen LogP) is 2.14. The van der Waals surface area contributed by atoms with E-state index in [-0.39, 0.29) is 5.56 Å². The van der Waals surface area contributed by atoms with Crippen molar-refractivity contribution in [2.75, 3.05) is 18.4 Å². The third kappa shape index (κ3) is 2.99. The van der Waals surface area contributed by atoms with Crippen LogP contribution in [0.15, 0.2) is 10.9 Å². The molecule has 2 fully saturated rings. The minimum absolute atomic E-state index is 0.0878. The number of hydrogen-bond acceptors (Lipinski definition) is 6. The van der Waals surface area contributed by atoms with Crippen molar-refractivity contribution in [1.29, 1.82) is 0 Å².